The first-order valence-corrected chi connectivity index (χ1v) is 20.3. The van der Waals surface area contributed by atoms with Gasteiger partial charge in [0.25, 0.3) is 0 Å². The van der Waals surface area contributed by atoms with Gasteiger partial charge in [-0.15, -0.1) is 0 Å². The lowest BCUT2D eigenvalue weighted by Crippen LogP contribution is -2.24. The largest absolute Gasteiger partial charge is 0.310 e. The molecule has 1 aliphatic rings. The Morgan fingerprint density at radius 2 is 0.897 bits per heavy atom. The minimum Gasteiger partial charge on any atom is -0.310 e. The maximum atomic E-state index is 2.46. The zero-order valence-electron chi connectivity index (χ0n) is 32.7. The molecule has 0 radical (unpaired) electrons. The first-order valence-electron chi connectivity index (χ1n) is 20.3. The van der Waals surface area contributed by atoms with E-state index in [4.69, 9.17) is 0 Å². The summed E-state index contributed by atoms with van der Waals surface area (Å²) in [5.41, 5.74) is 16.0. The molecule has 0 saturated heterocycles. The van der Waals surface area contributed by atoms with Gasteiger partial charge in [0, 0.05) is 22.2 Å². The molecule has 10 aromatic carbocycles. The predicted octanol–water partition coefficient (Wildman–Crippen LogP) is 15.9. The summed E-state index contributed by atoms with van der Waals surface area (Å²) in [6.45, 7) is 4.79. The van der Waals surface area contributed by atoms with Gasteiger partial charge >= 0.3 is 0 Å². The van der Waals surface area contributed by atoms with Crippen LogP contribution >= 0.6 is 0 Å². The molecule has 10 aromatic rings. The van der Waals surface area contributed by atoms with Crippen LogP contribution in [0.3, 0.4) is 0 Å². The Morgan fingerprint density at radius 1 is 0.345 bits per heavy atom. The normalized spacial score (nSPS) is 12.8. The van der Waals surface area contributed by atoms with Gasteiger partial charge in [0.15, 0.2) is 0 Å². The fourth-order valence-electron chi connectivity index (χ4n) is 9.54. The van der Waals surface area contributed by atoms with E-state index >= 15 is 0 Å². The number of hydrogen-bond acceptors (Lipinski definition) is 1. The van der Waals surface area contributed by atoms with Gasteiger partial charge in [-0.05, 0) is 119 Å². The van der Waals surface area contributed by atoms with Crippen molar-refractivity contribution in [3.63, 3.8) is 0 Å². The van der Waals surface area contributed by atoms with Crippen molar-refractivity contribution < 1.29 is 0 Å². The van der Waals surface area contributed by atoms with Crippen LogP contribution in [0.25, 0.3) is 76.8 Å². The highest BCUT2D eigenvalue weighted by atomic mass is 15.1. The number of fused-ring (bicyclic) bond motifs is 4. The second-order valence-corrected chi connectivity index (χ2v) is 16.1. The van der Waals surface area contributed by atoms with Gasteiger partial charge in [0.2, 0.25) is 0 Å². The smallest absolute Gasteiger partial charge is 0.0540 e. The Balaban J connectivity index is 1.06. The molecule has 274 valence electrons. The number of rotatable bonds is 6. The van der Waals surface area contributed by atoms with Crippen LogP contribution in [0.2, 0.25) is 0 Å². The average Bonchev–Trinajstić information content (AvgIpc) is 3.29. The number of benzene rings is 10. The van der Waals surface area contributed by atoms with E-state index in [-0.39, 0.29) is 5.41 Å². The van der Waals surface area contributed by atoms with E-state index in [1.807, 2.05) is 0 Å². The van der Waals surface area contributed by atoms with Crippen molar-refractivity contribution in [2.75, 3.05) is 4.90 Å². The van der Waals surface area contributed by atoms with Crippen LogP contribution in [0.4, 0.5) is 17.1 Å². The summed E-state index contributed by atoms with van der Waals surface area (Å²) in [7, 11) is 0. The monoisotopic (exact) mass is 739 g/mol. The number of anilines is 3. The topological polar surface area (TPSA) is 3.24 Å². The van der Waals surface area contributed by atoms with E-state index in [0.717, 1.165) is 17.1 Å². The summed E-state index contributed by atoms with van der Waals surface area (Å²) in [4.78, 5) is 2.40. The summed E-state index contributed by atoms with van der Waals surface area (Å²) >= 11 is 0. The maximum absolute atomic E-state index is 2.46. The first-order chi connectivity index (χ1) is 28.5. The Hall–Kier alpha value is -7.22. The molecule has 11 rings (SSSR count). The van der Waals surface area contributed by atoms with Crippen molar-refractivity contribution in [1.29, 1.82) is 0 Å². The summed E-state index contributed by atoms with van der Waals surface area (Å²) in [6.07, 6.45) is 0. The number of hydrogen-bond donors (Lipinski definition) is 0. The molecule has 0 N–H and O–H groups in total. The Bertz CT molecular complexity index is 3160. The maximum Gasteiger partial charge on any atom is 0.0540 e. The molecule has 0 aliphatic heterocycles. The van der Waals surface area contributed by atoms with Gasteiger partial charge in [0.05, 0.1) is 5.69 Å². The molecule has 1 aliphatic carbocycles. The van der Waals surface area contributed by atoms with Crippen LogP contribution in [0, 0.1) is 0 Å². The lowest BCUT2D eigenvalue weighted by atomic mass is 9.67. The zero-order chi connectivity index (χ0) is 38.8. The molecule has 0 unspecified atom stereocenters. The molecule has 0 heterocycles. The molecule has 0 bridgehead atoms. The summed E-state index contributed by atoms with van der Waals surface area (Å²) in [5, 5.41) is 7.63. The molecule has 0 fully saturated rings. The number of nitrogens with zero attached hydrogens (tertiary/aromatic N) is 1. The lowest BCUT2D eigenvalue weighted by Gasteiger charge is -2.36. The standard InChI is InChI=1S/C57H41N/c1-57(2)52-23-11-19-43-29-35-50(56(55(43)52)51-36-30-44(37-53(51)57)48-22-10-17-40-15-6-8-20-47(40)48)42-27-33-46(34-28-42)58(54-24-12-18-41-16-7-9-21-49(41)54)45-31-25-39(26-32-45)38-13-4-3-5-14-38/h3-37H,1-2H3. The van der Waals surface area contributed by atoms with Crippen molar-refractivity contribution in [3.05, 3.63) is 223 Å². The molecule has 1 heteroatoms. The van der Waals surface area contributed by atoms with Crippen LogP contribution in [0.1, 0.15) is 25.0 Å². The van der Waals surface area contributed by atoms with Crippen molar-refractivity contribution >= 4 is 49.4 Å². The molecular weight excluding hydrogens is 699 g/mol. The third-order valence-electron chi connectivity index (χ3n) is 12.5. The van der Waals surface area contributed by atoms with E-state index in [1.165, 1.54) is 88.0 Å². The van der Waals surface area contributed by atoms with E-state index < -0.39 is 0 Å². The van der Waals surface area contributed by atoms with Gasteiger partial charge < -0.3 is 4.90 Å². The summed E-state index contributed by atoms with van der Waals surface area (Å²) < 4.78 is 0. The van der Waals surface area contributed by atoms with E-state index in [1.54, 1.807) is 0 Å². The lowest BCUT2D eigenvalue weighted by molar-refractivity contribution is 0.645. The molecule has 0 atom stereocenters. The highest BCUT2D eigenvalue weighted by Gasteiger charge is 2.35. The highest BCUT2D eigenvalue weighted by Crippen LogP contribution is 2.53. The van der Waals surface area contributed by atoms with Crippen LogP contribution < -0.4 is 4.90 Å². The SMILES string of the molecule is CC1(C)c2cc(-c3cccc4ccccc34)ccc2-c2c(-c3ccc(N(c4ccc(-c5ccccc5)cc4)c4cccc5ccccc45)cc3)ccc3cccc1c23. The van der Waals surface area contributed by atoms with E-state index in [2.05, 4.69) is 231 Å². The molecule has 0 spiro atoms. The van der Waals surface area contributed by atoms with Gasteiger partial charge in [-0.25, -0.2) is 0 Å². The Labute approximate surface area is 340 Å². The Kier molecular flexibility index (Phi) is 7.91. The molecule has 58 heavy (non-hydrogen) atoms. The van der Waals surface area contributed by atoms with Crippen molar-refractivity contribution in [2.45, 2.75) is 19.3 Å². The predicted molar refractivity (Wildman–Crippen MR) is 248 cm³/mol. The minimum absolute atomic E-state index is 0.181. The van der Waals surface area contributed by atoms with Gasteiger partial charge in [-0.2, -0.15) is 0 Å². The second kappa shape index (κ2) is 13.5. The second-order valence-electron chi connectivity index (χ2n) is 16.1. The molecule has 0 saturated carbocycles. The van der Waals surface area contributed by atoms with Crippen LogP contribution in [-0.2, 0) is 5.41 Å². The van der Waals surface area contributed by atoms with Gasteiger partial charge in [-0.1, -0.05) is 190 Å². The average molecular weight is 740 g/mol. The third kappa shape index (κ3) is 5.46. The highest BCUT2D eigenvalue weighted by molar-refractivity contribution is 6.10. The quantitative estimate of drug-likeness (QED) is 0.164. The zero-order valence-corrected chi connectivity index (χ0v) is 32.7. The van der Waals surface area contributed by atoms with Gasteiger partial charge in [0.1, 0.15) is 0 Å². The van der Waals surface area contributed by atoms with Crippen molar-refractivity contribution in [1.82, 2.24) is 0 Å². The van der Waals surface area contributed by atoms with Crippen LogP contribution in [-0.4, -0.2) is 0 Å². The fourth-order valence-corrected chi connectivity index (χ4v) is 9.54. The molecule has 0 aromatic heterocycles. The molecule has 0 amide bonds. The first kappa shape index (κ1) is 34.1. The van der Waals surface area contributed by atoms with Crippen molar-refractivity contribution in [3.8, 4) is 44.5 Å². The van der Waals surface area contributed by atoms with Crippen LogP contribution in [0.15, 0.2) is 212 Å². The minimum atomic E-state index is -0.181. The van der Waals surface area contributed by atoms with E-state index in [0.29, 0.717) is 0 Å². The van der Waals surface area contributed by atoms with Crippen molar-refractivity contribution in [2.24, 2.45) is 0 Å². The third-order valence-corrected chi connectivity index (χ3v) is 12.5. The summed E-state index contributed by atoms with van der Waals surface area (Å²) in [6, 6.07) is 78.1. The molecule has 1 nitrogen and oxygen atoms in total. The van der Waals surface area contributed by atoms with E-state index in [9.17, 15) is 0 Å². The molecular formula is C57H41N. The van der Waals surface area contributed by atoms with Gasteiger partial charge in [-0.3, -0.25) is 0 Å². The fraction of sp³-hybridized carbons (Fsp3) is 0.0526. The summed E-state index contributed by atoms with van der Waals surface area (Å²) in [5.74, 6) is 0. The Morgan fingerprint density at radius 3 is 1.66 bits per heavy atom. The van der Waals surface area contributed by atoms with Crippen LogP contribution in [0.5, 0.6) is 0 Å².